The zero-order valence-electron chi connectivity index (χ0n) is 8.86. The summed E-state index contributed by atoms with van der Waals surface area (Å²) in [5, 5.41) is 8.69. The van der Waals surface area contributed by atoms with E-state index in [2.05, 4.69) is 20.6 Å². The van der Waals surface area contributed by atoms with Gasteiger partial charge in [-0.05, 0) is 11.4 Å². The van der Waals surface area contributed by atoms with Crippen LogP contribution in [0.15, 0.2) is 17.8 Å². The van der Waals surface area contributed by atoms with Crippen LogP contribution in [-0.2, 0) is 4.79 Å². The average Bonchev–Trinajstić information content (AvgIpc) is 2.77. The van der Waals surface area contributed by atoms with Gasteiger partial charge in [-0.25, -0.2) is 9.97 Å². The van der Waals surface area contributed by atoms with Crippen molar-refractivity contribution in [2.75, 3.05) is 18.9 Å². The molecule has 2 aromatic heterocycles. The van der Waals surface area contributed by atoms with E-state index in [4.69, 9.17) is 0 Å². The number of hydrogen-bond acceptors (Lipinski definition) is 5. The number of amides is 1. The molecular formula is C10H12N4OS. The lowest BCUT2D eigenvalue weighted by Crippen LogP contribution is -2.21. The third-order valence-electron chi connectivity index (χ3n) is 2.19. The minimum Gasteiger partial charge on any atom is -0.369 e. The molecule has 2 heterocycles. The zero-order valence-corrected chi connectivity index (χ0v) is 9.67. The largest absolute Gasteiger partial charge is 0.369 e. The van der Waals surface area contributed by atoms with Crippen LogP contribution in [0.25, 0.3) is 10.2 Å². The topological polar surface area (TPSA) is 66.9 Å². The van der Waals surface area contributed by atoms with Crippen molar-refractivity contribution in [3.05, 3.63) is 17.8 Å². The number of aromatic nitrogens is 2. The molecule has 0 atom stereocenters. The van der Waals surface area contributed by atoms with Crippen LogP contribution in [0, 0.1) is 0 Å². The number of rotatable bonds is 4. The Bertz CT molecular complexity index is 496. The Morgan fingerprint density at radius 2 is 2.38 bits per heavy atom. The van der Waals surface area contributed by atoms with Crippen molar-refractivity contribution < 1.29 is 4.79 Å². The SMILES string of the molecule is CNC(=O)CCNc1ncnc2sccc12. The number of anilines is 1. The summed E-state index contributed by atoms with van der Waals surface area (Å²) in [4.78, 5) is 20.3. The van der Waals surface area contributed by atoms with E-state index in [1.165, 1.54) is 6.33 Å². The molecule has 2 aromatic rings. The summed E-state index contributed by atoms with van der Waals surface area (Å²) in [6.45, 7) is 0.571. The molecule has 0 unspecified atom stereocenters. The Morgan fingerprint density at radius 1 is 1.50 bits per heavy atom. The summed E-state index contributed by atoms with van der Waals surface area (Å²) in [7, 11) is 1.63. The van der Waals surface area contributed by atoms with Gasteiger partial charge in [-0.3, -0.25) is 4.79 Å². The lowest BCUT2D eigenvalue weighted by atomic mass is 10.3. The summed E-state index contributed by atoms with van der Waals surface area (Å²) >= 11 is 1.58. The first-order valence-corrected chi connectivity index (χ1v) is 5.82. The van der Waals surface area contributed by atoms with E-state index < -0.39 is 0 Å². The number of nitrogens with zero attached hydrogens (tertiary/aromatic N) is 2. The van der Waals surface area contributed by atoms with Crippen molar-refractivity contribution >= 4 is 33.3 Å². The molecular weight excluding hydrogens is 224 g/mol. The molecule has 0 radical (unpaired) electrons. The van der Waals surface area contributed by atoms with Gasteiger partial charge < -0.3 is 10.6 Å². The third kappa shape index (κ3) is 2.27. The second-order valence-corrected chi connectivity index (χ2v) is 4.11. The van der Waals surface area contributed by atoms with Crippen molar-refractivity contribution in [3.8, 4) is 0 Å². The van der Waals surface area contributed by atoms with E-state index in [-0.39, 0.29) is 5.91 Å². The lowest BCUT2D eigenvalue weighted by molar-refractivity contribution is -0.120. The molecule has 16 heavy (non-hydrogen) atoms. The Morgan fingerprint density at radius 3 is 3.19 bits per heavy atom. The highest BCUT2D eigenvalue weighted by atomic mass is 32.1. The molecule has 0 spiro atoms. The van der Waals surface area contributed by atoms with Crippen molar-refractivity contribution in [1.29, 1.82) is 0 Å². The van der Waals surface area contributed by atoms with Gasteiger partial charge >= 0.3 is 0 Å². The fourth-order valence-electron chi connectivity index (χ4n) is 1.35. The molecule has 2 rings (SSSR count). The molecule has 5 nitrogen and oxygen atoms in total. The van der Waals surface area contributed by atoms with Crippen LogP contribution in [0.4, 0.5) is 5.82 Å². The van der Waals surface area contributed by atoms with Gasteiger partial charge in [-0.1, -0.05) is 0 Å². The number of carbonyl (C=O) groups excluding carboxylic acids is 1. The second-order valence-electron chi connectivity index (χ2n) is 3.21. The van der Waals surface area contributed by atoms with E-state index in [0.29, 0.717) is 13.0 Å². The molecule has 84 valence electrons. The van der Waals surface area contributed by atoms with Crippen molar-refractivity contribution in [3.63, 3.8) is 0 Å². The summed E-state index contributed by atoms with van der Waals surface area (Å²) in [5.74, 6) is 0.804. The molecule has 0 saturated carbocycles. The Hall–Kier alpha value is -1.69. The maximum Gasteiger partial charge on any atom is 0.221 e. The van der Waals surface area contributed by atoms with Gasteiger partial charge in [0.25, 0.3) is 0 Å². The fraction of sp³-hybridized carbons (Fsp3) is 0.300. The molecule has 2 N–H and O–H groups in total. The highest BCUT2D eigenvalue weighted by Crippen LogP contribution is 2.23. The monoisotopic (exact) mass is 236 g/mol. The first-order valence-electron chi connectivity index (χ1n) is 4.94. The highest BCUT2D eigenvalue weighted by Gasteiger charge is 2.04. The number of hydrogen-bond donors (Lipinski definition) is 2. The molecule has 0 saturated heterocycles. The quantitative estimate of drug-likeness (QED) is 0.838. The van der Waals surface area contributed by atoms with Gasteiger partial charge in [-0.15, -0.1) is 11.3 Å². The molecule has 6 heteroatoms. The maximum atomic E-state index is 11.0. The van der Waals surface area contributed by atoms with Crippen LogP contribution >= 0.6 is 11.3 Å². The van der Waals surface area contributed by atoms with Gasteiger partial charge in [0.1, 0.15) is 17.0 Å². The maximum absolute atomic E-state index is 11.0. The standard InChI is InChI=1S/C10H12N4OS/c1-11-8(15)2-4-12-9-7-3-5-16-10(7)14-6-13-9/h3,5-6H,2,4H2,1H3,(H,11,15)(H,12,13,14). The number of thiophene rings is 1. The number of nitrogens with one attached hydrogen (secondary N) is 2. The first-order chi connectivity index (χ1) is 7.81. The van der Waals surface area contributed by atoms with E-state index in [0.717, 1.165) is 16.0 Å². The lowest BCUT2D eigenvalue weighted by Gasteiger charge is -2.05. The molecule has 0 aliphatic carbocycles. The minimum atomic E-state index is 0.0168. The minimum absolute atomic E-state index is 0.0168. The first kappa shape index (κ1) is 10.8. The molecule has 1 amide bonds. The van der Waals surface area contributed by atoms with E-state index in [1.807, 2.05) is 11.4 Å². The normalized spacial score (nSPS) is 10.3. The van der Waals surface area contributed by atoms with Crippen LogP contribution in [0.5, 0.6) is 0 Å². The fourth-order valence-corrected chi connectivity index (χ4v) is 2.08. The van der Waals surface area contributed by atoms with Crippen molar-refractivity contribution in [2.45, 2.75) is 6.42 Å². The van der Waals surface area contributed by atoms with Gasteiger partial charge in [0.05, 0.1) is 5.39 Å². The van der Waals surface area contributed by atoms with Crippen LogP contribution in [0.3, 0.4) is 0 Å². The zero-order chi connectivity index (χ0) is 11.4. The third-order valence-corrected chi connectivity index (χ3v) is 3.01. The van der Waals surface area contributed by atoms with Gasteiger partial charge in [0, 0.05) is 20.0 Å². The Kier molecular flexibility index (Phi) is 3.31. The van der Waals surface area contributed by atoms with Crippen molar-refractivity contribution in [2.24, 2.45) is 0 Å². The predicted octanol–water partition coefficient (Wildman–Crippen LogP) is 1.24. The van der Waals surface area contributed by atoms with Crippen LogP contribution in [-0.4, -0.2) is 29.5 Å². The molecule has 0 bridgehead atoms. The summed E-state index contributed by atoms with van der Waals surface area (Å²) < 4.78 is 0. The van der Waals surface area contributed by atoms with Crippen LogP contribution in [0.1, 0.15) is 6.42 Å². The molecule has 0 aromatic carbocycles. The summed E-state index contributed by atoms with van der Waals surface area (Å²) in [5.41, 5.74) is 0. The number of carbonyl (C=O) groups is 1. The second kappa shape index (κ2) is 4.89. The smallest absolute Gasteiger partial charge is 0.221 e. The molecule has 0 fully saturated rings. The van der Waals surface area contributed by atoms with Crippen molar-refractivity contribution in [1.82, 2.24) is 15.3 Å². The van der Waals surface area contributed by atoms with Gasteiger partial charge in [-0.2, -0.15) is 0 Å². The van der Waals surface area contributed by atoms with Crippen LogP contribution < -0.4 is 10.6 Å². The summed E-state index contributed by atoms with van der Waals surface area (Å²) in [6.07, 6.45) is 1.97. The van der Waals surface area contributed by atoms with Crippen LogP contribution in [0.2, 0.25) is 0 Å². The molecule has 0 aliphatic rings. The Balaban J connectivity index is 2.04. The highest BCUT2D eigenvalue weighted by molar-refractivity contribution is 7.16. The van der Waals surface area contributed by atoms with Gasteiger partial charge in [0.2, 0.25) is 5.91 Å². The van der Waals surface area contributed by atoms with E-state index >= 15 is 0 Å². The predicted molar refractivity (Wildman–Crippen MR) is 64.6 cm³/mol. The van der Waals surface area contributed by atoms with E-state index in [1.54, 1.807) is 18.4 Å². The average molecular weight is 236 g/mol. The molecule has 0 aliphatic heterocycles. The van der Waals surface area contributed by atoms with Gasteiger partial charge in [0.15, 0.2) is 0 Å². The van der Waals surface area contributed by atoms with E-state index in [9.17, 15) is 4.79 Å². The number of fused-ring (bicyclic) bond motifs is 1. The Labute approximate surface area is 96.9 Å². The summed E-state index contributed by atoms with van der Waals surface area (Å²) in [6, 6.07) is 1.97.